The highest BCUT2D eigenvalue weighted by Crippen LogP contribution is 2.40. The average molecular weight is 565 g/mol. The van der Waals surface area contributed by atoms with E-state index < -0.39 is 17.6 Å². The minimum atomic E-state index is -4.62. The van der Waals surface area contributed by atoms with Crippen molar-refractivity contribution in [1.29, 1.82) is 0 Å². The zero-order chi connectivity index (χ0) is 28.0. The number of alkyl halides is 3. The summed E-state index contributed by atoms with van der Waals surface area (Å²) in [5.74, 6) is 0.462. The van der Waals surface area contributed by atoms with Crippen LogP contribution in [0, 0.1) is 6.92 Å². The van der Waals surface area contributed by atoms with Gasteiger partial charge >= 0.3 is 6.18 Å². The van der Waals surface area contributed by atoms with E-state index in [9.17, 15) is 22.8 Å². The van der Waals surface area contributed by atoms with E-state index >= 15 is 0 Å². The van der Waals surface area contributed by atoms with E-state index in [0.29, 0.717) is 35.2 Å². The van der Waals surface area contributed by atoms with Gasteiger partial charge in [-0.15, -0.1) is 11.3 Å². The van der Waals surface area contributed by atoms with Crippen LogP contribution in [-0.2, 0) is 23.8 Å². The fourth-order valence-corrected chi connectivity index (χ4v) is 6.05. The van der Waals surface area contributed by atoms with Crippen molar-refractivity contribution in [3.05, 3.63) is 93.9 Å². The SMILES string of the molecule is Cc1sc(NC(=O)Cc2ccc3c(c2)OCO3)cc1-c1ccc2c(c1)CCN2C(=O)c1ccccc1C(F)(F)F. The predicted molar refractivity (Wildman–Crippen MR) is 146 cm³/mol. The molecule has 0 saturated heterocycles. The van der Waals surface area contributed by atoms with E-state index in [1.54, 1.807) is 18.2 Å². The van der Waals surface area contributed by atoms with Crippen molar-refractivity contribution in [2.45, 2.75) is 25.9 Å². The highest BCUT2D eigenvalue weighted by atomic mass is 32.1. The van der Waals surface area contributed by atoms with E-state index in [1.807, 2.05) is 31.2 Å². The smallest absolute Gasteiger partial charge is 0.417 e. The third kappa shape index (κ3) is 4.90. The molecular weight excluding hydrogens is 541 g/mol. The minimum Gasteiger partial charge on any atom is -0.454 e. The van der Waals surface area contributed by atoms with Crippen molar-refractivity contribution in [3.63, 3.8) is 0 Å². The average Bonchev–Trinajstić information content (AvgIpc) is 3.65. The molecule has 40 heavy (non-hydrogen) atoms. The van der Waals surface area contributed by atoms with Gasteiger partial charge in [0.15, 0.2) is 11.5 Å². The molecule has 4 aromatic rings. The summed E-state index contributed by atoms with van der Waals surface area (Å²) in [6, 6.07) is 17.8. The van der Waals surface area contributed by atoms with Gasteiger partial charge in [0, 0.05) is 17.1 Å². The van der Waals surface area contributed by atoms with Crippen LogP contribution in [0.25, 0.3) is 11.1 Å². The van der Waals surface area contributed by atoms with Crippen molar-refractivity contribution in [2.75, 3.05) is 23.6 Å². The molecule has 0 radical (unpaired) electrons. The Balaban J connectivity index is 1.18. The Hall–Kier alpha value is -4.31. The van der Waals surface area contributed by atoms with Gasteiger partial charge in [-0.05, 0) is 78.1 Å². The number of hydrogen-bond acceptors (Lipinski definition) is 5. The number of anilines is 2. The van der Waals surface area contributed by atoms with Gasteiger partial charge in [-0.1, -0.05) is 24.3 Å². The number of carbonyl (C=O) groups excluding carboxylic acids is 2. The molecule has 3 heterocycles. The summed E-state index contributed by atoms with van der Waals surface area (Å²) in [5, 5.41) is 3.67. The second kappa shape index (κ2) is 10.0. The molecule has 0 bridgehead atoms. The molecule has 0 fully saturated rings. The lowest BCUT2D eigenvalue weighted by molar-refractivity contribution is -0.137. The standard InChI is InChI=1S/C30H23F3N2O4S/c1-17-22(15-28(40-17)34-27(36)13-18-6-9-25-26(12-18)39-16-38-25)19-7-8-24-20(14-19)10-11-35(24)29(37)21-4-2-3-5-23(21)30(31,32)33/h2-9,12,14-15H,10-11,13,16H2,1H3,(H,34,36). The van der Waals surface area contributed by atoms with Gasteiger partial charge in [-0.2, -0.15) is 13.2 Å². The first kappa shape index (κ1) is 25.9. The summed E-state index contributed by atoms with van der Waals surface area (Å²) >= 11 is 1.46. The molecule has 0 atom stereocenters. The number of fused-ring (bicyclic) bond motifs is 2. The maximum Gasteiger partial charge on any atom is 0.417 e. The van der Waals surface area contributed by atoms with Gasteiger partial charge in [0.1, 0.15) is 0 Å². The number of halogens is 3. The van der Waals surface area contributed by atoms with Gasteiger partial charge < -0.3 is 19.7 Å². The van der Waals surface area contributed by atoms with Crippen molar-refractivity contribution in [1.82, 2.24) is 0 Å². The number of carbonyl (C=O) groups is 2. The number of nitrogens with zero attached hydrogens (tertiary/aromatic N) is 1. The van der Waals surface area contributed by atoms with E-state index in [1.165, 1.54) is 34.4 Å². The van der Waals surface area contributed by atoms with E-state index in [2.05, 4.69) is 5.32 Å². The molecular formula is C30H23F3N2O4S. The monoisotopic (exact) mass is 564 g/mol. The third-order valence-corrected chi connectivity index (χ3v) is 7.94. The quantitative estimate of drug-likeness (QED) is 0.288. The van der Waals surface area contributed by atoms with Crippen LogP contribution in [0.5, 0.6) is 11.5 Å². The Morgan fingerprint density at radius 1 is 1.00 bits per heavy atom. The van der Waals surface area contributed by atoms with Gasteiger partial charge in [-0.25, -0.2) is 0 Å². The lowest BCUT2D eigenvalue weighted by atomic mass is 10.0. The van der Waals surface area contributed by atoms with Gasteiger partial charge in [0.25, 0.3) is 5.91 Å². The molecule has 0 aliphatic carbocycles. The normalized spacial score (nSPS) is 13.8. The topological polar surface area (TPSA) is 67.9 Å². The molecule has 1 aromatic heterocycles. The third-order valence-electron chi connectivity index (χ3n) is 6.98. The number of thiophene rings is 1. The van der Waals surface area contributed by atoms with E-state index in [0.717, 1.165) is 33.2 Å². The highest BCUT2D eigenvalue weighted by molar-refractivity contribution is 7.16. The van der Waals surface area contributed by atoms with Crippen molar-refractivity contribution in [3.8, 4) is 22.6 Å². The Morgan fingerprint density at radius 3 is 2.62 bits per heavy atom. The number of aryl methyl sites for hydroxylation is 1. The van der Waals surface area contributed by atoms with Gasteiger partial charge in [-0.3, -0.25) is 9.59 Å². The fraction of sp³-hybridized carbons (Fsp3) is 0.200. The summed E-state index contributed by atoms with van der Waals surface area (Å²) in [6.45, 7) is 2.43. The summed E-state index contributed by atoms with van der Waals surface area (Å²) < 4.78 is 51.2. The van der Waals surface area contributed by atoms with Crippen molar-refractivity contribution in [2.24, 2.45) is 0 Å². The Labute approximate surface area is 232 Å². The van der Waals surface area contributed by atoms with Crippen LogP contribution in [0.4, 0.5) is 23.9 Å². The molecule has 2 aliphatic rings. The van der Waals surface area contributed by atoms with Crippen molar-refractivity contribution < 1.29 is 32.2 Å². The first-order valence-electron chi connectivity index (χ1n) is 12.6. The minimum absolute atomic E-state index is 0.158. The molecule has 1 N–H and O–H groups in total. The molecule has 0 saturated carbocycles. The summed E-state index contributed by atoms with van der Waals surface area (Å²) in [4.78, 5) is 28.3. The second-order valence-corrected chi connectivity index (χ2v) is 10.8. The molecule has 204 valence electrons. The Kier molecular flexibility index (Phi) is 6.50. The van der Waals surface area contributed by atoms with Crippen LogP contribution in [-0.4, -0.2) is 25.2 Å². The number of ether oxygens (including phenoxy) is 2. The van der Waals surface area contributed by atoms with Crippen LogP contribution in [0.2, 0.25) is 0 Å². The largest absolute Gasteiger partial charge is 0.454 e. The molecule has 2 amide bonds. The van der Waals surface area contributed by atoms with Crippen LogP contribution in [0.1, 0.15) is 31.9 Å². The van der Waals surface area contributed by atoms with E-state index in [-0.39, 0.29) is 24.7 Å². The van der Waals surface area contributed by atoms with Crippen molar-refractivity contribution >= 4 is 33.8 Å². The molecule has 0 unspecified atom stereocenters. The predicted octanol–water partition coefficient (Wildman–Crippen LogP) is 6.86. The molecule has 2 aliphatic heterocycles. The number of nitrogens with one attached hydrogen (secondary N) is 1. The van der Waals surface area contributed by atoms with Gasteiger partial charge in [0.05, 0.1) is 22.5 Å². The van der Waals surface area contributed by atoms with Crippen LogP contribution >= 0.6 is 11.3 Å². The molecule has 0 spiro atoms. The Bertz CT molecular complexity index is 1650. The molecule has 6 rings (SSSR count). The second-order valence-electron chi connectivity index (χ2n) is 9.59. The number of amides is 2. The van der Waals surface area contributed by atoms with Crippen LogP contribution < -0.4 is 19.7 Å². The highest BCUT2D eigenvalue weighted by Gasteiger charge is 2.37. The zero-order valence-electron chi connectivity index (χ0n) is 21.3. The Morgan fingerprint density at radius 2 is 1.80 bits per heavy atom. The summed E-state index contributed by atoms with van der Waals surface area (Å²) in [7, 11) is 0. The first-order chi connectivity index (χ1) is 19.2. The molecule has 10 heteroatoms. The fourth-order valence-electron chi connectivity index (χ4n) is 5.09. The van der Waals surface area contributed by atoms with E-state index in [4.69, 9.17) is 9.47 Å². The van der Waals surface area contributed by atoms with Crippen LogP contribution in [0.15, 0.2) is 66.7 Å². The summed E-state index contributed by atoms with van der Waals surface area (Å²) in [5.41, 5.74) is 2.86. The first-order valence-corrected chi connectivity index (χ1v) is 13.4. The molecule has 6 nitrogen and oxygen atoms in total. The lowest BCUT2D eigenvalue weighted by Gasteiger charge is -2.20. The summed E-state index contributed by atoms with van der Waals surface area (Å²) in [6.07, 6.45) is -3.90. The van der Waals surface area contributed by atoms with Gasteiger partial charge in [0.2, 0.25) is 12.7 Å². The lowest BCUT2D eigenvalue weighted by Crippen LogP contribution is -2.30. The number of hydrogen-bond donors (Lipinski definition) is 1. The number of rotatable bonds is 5. The van der Waals surface area contributed by atoms with Crippen LogP contribution in [0.3, 0.4) is 0 Å². The maximum absolute atomic E-state index is 13.5. The maximum atomic E-state index is 13.5. The zero-order valence-corrected chi connectivity index (χ0v) is 22.1. The molecule has 3 aromatic carbocycles. The number of benzene rings is 3.